The van der Waals surface area contributed by atoms with Crippen LogP contribution in [0.4, 0.5) is 5.13 Å². The molecule has 32 heavy (non-hydrogen) atoms. The Kier molecular flexibility index (Phi) is 5.99. The Morgan fingerprint density at radius 1 is 1.28 bits per heavy atom. The summed E-state index contributed by atoms with van der Waals surface area (Å²) < 4.78 is 0.844. The molecule has 2 N–H and O–H groups in total. The van der Waals surface area contributed by atoms with Gasteiger partial charge < -0.3 is 5.73 Å². The van der Waals surface area contributed by atoms with Gasteiger partial charge in [0.15, 0.2) is 10.1 Å². The quantitative estimate of drug-likeness (QED) is 0.558. The molecule has 1 atom stereocenters. The molecule has 0 saturated heterocycles. The van der Waals surface area contributed by atoms with Crippen molar-refractivity contribution in [3.05, 3.63) is 44.0 Å². The third-order valence-electron chi connectivity index (χ3n) is 5.69. The van der Waals surface area contributed by atoms with Crippen LogP contribution >= 0.6 is 34.4 Å². The third kappa shape index (κ3) is 4.00. The molecule has 1 aliphatic heterocycles. The summed E-state index contributed by atoms with van der Waals surface area (Å²) in [6.07, 6.45) is 1.12. The zero-order chi connectivity index (χ0) is 23.4. The Bertz CT molecular complexity index is 1190. The molecule has 0 fully saturated rings. The Morgan fingerprint density at radius 3 is 2.59 bits per heavy atom. The van der Waals surface area contributed by atoms with Gasteiger partial charge in [0.2, 0.25) is 5.13 Å². The average Bonchev–Trinajstić information content (AvgIpc) is 3.24. The summed E-state index contributed by atoms with van der Waals surface area (Å²) in [4.78, 5) is 17.6. The number of nitrogens with zero attached hydrogens (tertiary/aromatic N) is 4. The number of carbonyl (C=O) groups is 1. The Morgan fingerprint density at radius 2 is 2.00 bits per heavy atom. The number of ketones is 1. The SMILES string of the molecule is Cc1cc(C2C(C#N)=C(N)N(c3nnc(SC(C)C)s3)C3=C2C(=O)CC(C)(C)C3)c(C)s1. The monoisotopic (exact) mass is 485 g/mol. The topological polar surface area (TPSA) is 95.9 Å². The summed E-state index contributed by atoms with van der Waals surface area (Å²) in [6.45, 7) is 12.5. The molecule has 0 saturated carbocycles. The normalized spacial score (nSPS) is 20.8. The highest BCUT2D eigenvalue weighted by Gasteiger charge is 2.46. The number of allylic oxidation sites excluding steroid dienone is 3. The van der Waals surface area contributed by atoms with Gasteiger partial charge in [0.1, 0.15) is 5.82 Å². The van der Waals surface area contributed by atoms with E-state index in [0.29, 0.717) is 40.2 Å². The Balaban J connectivity index is 1.94. The number of anilines is 1. The lowest BCUT2D eigenvalue weighted by Crippen LogP contribution is -2.42. The third-order valence-corrected chi connectivity index (χ3v) is 8.67. The van der Waals surface area contributed by atoms with E-state index in [1.165, 1.54) is 11.3 Å². The van der Waals surface area contributed by atoms with Crippen molar-refractivity contribution >= 4 is 45.4 Å². The molecule has 6 nitrogen and oxygen atoms in total. The molecule has 2 aromatic rings. The minimum absolute atomic E-state index is 0.0797. The van der Waals surface area contributed by atoms with Crippen molar-refractivity contribution in [3.63, 3.8) is 0 Å². The van der Waals surface area contributed by atoms with Gasteiger partial charge in [-0.3, -0.25) is 9.69 Å². The van der Waals surface area contributed by atoms with Crippen LogP contribution in [0.5, 0.6) is 0 Å². The van der Waals surface area contributed by atoms with Gasteiger partial charge in [-0.15, -0.1) is 21.5 Å². The van der Waals surface area contributed by atoms with Gasteiger partial charge >= 0.3 is 0 Å². The van der Waals surface area contributed by atoms with E-state index in [0.717, 1.165) is 25.4 Å². The predicted molar refractivity (Wildman–Crippen MR) is 132 cm³/mol. The van der Waals surface area contributed by atoms with E-state index in [1.807, 2.05) is 18.7 Å². The molecule has 2 aliphatic rings. The second kappa shape index (κ2) is 8.32. The maximum Gasteiger partial charge on any atom is 0.219 e. The molecule has 1 aliphatic carbocycles. The molecule has 0 aromatic carbocycles. The molecule has 4 rings (SSSR count). The zero-order valence-electron chi connectivity index (χ0n) is 19.1. The van der Waals surface area contributed by atoms with Crippen molar-refractivity contribution in [2.75, 3.05) is 4.90 Å². The second-order valence-corrected chi connectivity index (χ2v) is 13.6. The van der Waals surface area contributed by atoms with E-state index < -0.39 is 5.92 Å². The lowest BCUT2D eigenvalue weighted by atomic mass is 9.68. The Hall–Kier alpha value is -2.15. The summed E-state index contributed by atoms with van der Waals surface area (Å²) >= 11 is 4.76. The molecule has 2 aromatic heterocycles. The van der Waals surface area contributed by atoms with Gasteiger partial charge in [0.05, 0.1) is 17.6 Å². The van der Waals surface area contributed by atoms with E-state index in [9.17, 15) is 10.1 Å². The van der Waals surface area contributed by atoms with Crippen molar-refractivity contribution in [2.24, 2.45) is 11.1 Å². The summed E-state index contributed by atoms with van der Waals surface area (Å²) in [5, 5.41) is 19.9. The number of aryl methyl sites for hydroxylation is 2. The number of aromatic nitrogens is 2. The summed E-state index contributed by atoms with van der Waals surface area (Å²) in [6, 6.07) is 4.42. The van der Waals surface area contributed by atoms with Crippen LogP contribution in [-0.2, 0) is 4.79 Å². The van der Waals surface area contributed by atoms with Crippen molar-refractivity contribution in [2.45, 2.75) is 69.9 Å². The van der Waals surface area contributed by atoms with Crippen LogP contribution in [-0.4, -0.2) is 21.2 Å². The van der Waals surface area contributed by atoms with Gasteiger partial charge in [-0.1, -0.05) is 50.8 Å². The molecule has 1 unspecified atom stereocenters. The molecule has 0 bridgehead atoms. The van der Waals surface area contributed by atoms with Gasteiger partial charge in [-0.05, 0) is 37.3 Å². The number of nitriles is 1. The first-order valence-electron chi connectivity index (χ1n) is 10.6. The minimum atomic E-state index is -0.433. The van der Waals surface area contributed by atoms with Crippen LogP contribution in [0, 0.1) is 30.6 Å². The lowest BCUT2D eigenvalue weighted by Gasteiger charge is -2.42. The number of Topliss-reactive ketones (excluding diaryl/α,β-unsaturated/α-hetero) is 1. The van der Waals surface area contributed by atoms with Crippen molar-refractivity contribution in [3.8, 4) is 6.07 Å². The smallest absolute Gasteiger partial charge is 0.219 e. The lowest BCUT2D eigenvalue weighted by molar-refractivity contribution is -0.118. The van der Waals surface area contributed by atoms with Gasteiger partial charge in [0, 0.05) is 32.7 Å². The summed E-state index contributed by atoms with van der Waals surface area (Å²) in [5.41, 5.74) is 9.42. The Labute approximate surface area is 201 Å². The van der Waals surface area contributed by atoms with Crippen molar-refractivity contribution in [1.82, 2.24) is 10.2 Å². The number of carbonyl (C=O) groups excluding carboxylic acids is 1. The number of thiophene rings is 1. The van der Waals surface area contributed by atoms with Gasteiger partial charge in [-0.2, -0.15) is 5.26 Å². The van der Waals surface area contributed by atoms with E-state index in [1.54, 1.807) is 23.1 Å². The fraction of sp³-hybridized carbons (Fsp3) is 0.478. The maximum atomic E-state index is 13.6. The molecule has 0 amide bonds. The van der Waals surface area contributed by atoms with Gasteiger partial charge in [-0.25, -0.2) is 0 Å². The average molecular weight is 486 g/mol. The molecule has 0 spiro atoms. The maximum absolute atomic E-state index is 13.6. The number of hydrogen-bond acceptors (Lipinski definition) is 9. The molecule has 9 heteroatoms. The first kappa shape index (κ1) is 23.0. The summed E-state index contributed by atoms with van der Waals surface area (Å²) in [5.74, 6) is -0.00414. The number of thioether (sulfide) groups is 1. The number of rotatable bonds is 4. The van der Waals surface area contributed by atoms with Gasteiger partial charge in [0.25, 0.3) is 0 Å². The molecular weight excluding hydrogens is 458 g/mol. The number of hydrogen-bond donors (Lipinski definition) is 1. The van der Waals surface area contributed by atoms with Crippen LogP contribution in [0.25, 0.3) is 0 Å². The summed E-state index contributed by atoms with van der Waals surface area (Å²) in [7, 11) is 0. The highest BCUT2D eigenvalue weighted by Crippen LogP contribution is 2.51. The van der Waals surface area contributed by atoms with E-state index in [-0.39, 0.29) is 11.2 Å². The van der Waals surface area contributed by atoms with E-state index >= 15 is 0 Å². The zero-order valence-corrected chi connectivity index (χ0v) is 21.6. The van der Waals surface area contributed by atoms with Crippen molar-refractivity contribution in [1.29, 1.82) is 5.26 Å². The van der Waals surface area contributed by atoms with E-state index in [2.05, 4.69) is 50.0 Å². The van der Waals surface area contributed by atoms with Crippen LogP contribution in [0.3, 0.4) is 0 Å². The standard InChI is InChI=1S/C23H27N5OS3/c1-11(2)30-22-27-26-21(32-22)28-16-8-23(5,6)9-17(29)19(16)18(15(10-24)20(28)25)14-7-12(3)31-13(14)4/h7,11,18H,8-9,25H2,1-6H3. The second-order valence-electron chi connectivity index (χ2n) is 9.37. The molecule has 168 valence electrons. The first-order chi connectivity index (χ1) is 15.0. The van der Waals surface area contributed by atoms with Crippen molar-refractivity contribution < 1.29 is 4.79 Å². The minimum Gasteiger partial charge on any atom is -0.384 e. The number of nitrogens with two attached hydrogens (primary N) is 1. The van der Waals surface area contributed by atoms with Crippen LogP contribution in [0.15, 0.2) is 33.1 Å². The van der Waals surface area contributed by atoms with E-state index in [4.69, 9.17) is 5.73 Å². The largest absolute Gasteiger partial charge is 0.384 e. The first-order valence-corrected chi connectivity index (χ1v) is 13.1. The molecule has 3 heterocycles. The highest BCUT2D eigenvalue weighted by molar-refractivity contribution is 8.01. The fourth-order valence-corrected chi connectivity index (χ4v) is 7.58. The van der Waals surface area contributed by atoms with Crippen LogP contribution in [0.2, 0.25) is 0 Å². The molecular formula is C23H27N5OS3. The molecule has 0 radical (unpaired) electrons. The fourth-order valence-electron chi connectivity index (χ4n) is 4.52. The van der Waals surface area contributed by atoms with Crippen LogP contribution in [0.1, 0.15) is 61.8 Å². The highest BCUT2D eigenvalue weighted by atomic mass is 32.2. The van der Waals surface area contributed by atoms with Crippen LogP contribution < -0.4 is 10.6 Å². The predicted octanol–water partition coefficient (Wildman–Crippen LogP) is 5.66.